The highest BCUT2D eigenvalue weighted by Crippen LogP contribution is 2.17. The van der Waals surface area contributed by atoms with Gasteiger partial charge in [-0.05, 0) is 30.7 Å². The minimum absolute atomic E-state index is 0.255. The number of carbonyl (C=O) groups excluding carboxylic acids is 1. The van der Waals surface area contributed by atoms with Crippen LogP contribution in [0.5, 0.6) is 0 Å². The van der Waals surface area contributed by atoms with Crippen LogP contribution in [-0.4, -0.2) is 47.2 Å². The molecule has 0 radical (unpaired) electrons. The van der Waals surface area contributed by atoms with Gasteiger partial charge in [-0.1, -0.05) is 25.1 Å². The molecule has 1 aromatic carbocycles. The lowest BCUT2D eigenvalue weighted by molar-refractivity contribution is -0.131. The topological polar surface area (TPSA) is 61.4 Å². The molecule has 0 saturated carbocycles. The summed E-state index contributed by atoms with van der Waals surface area (Å²) in [6.07, 6.45) is 1.54. The monoisotopic (exact) mass is 325 g/mol. The molecule has 1 aliphatic rings. The molecular formula is C18H23N5O. The molecule has 0 spiro atoms. The van der Waals surface area contributed by atoms with Crippen molar-refractivity contribution in [3.8, 4) is 0 Å². The molecule has 6 nitrogen and oxygen atoms in total. The fraction of sp³-hybridized carbons (Fsp3) is 0.389. The number of nitrogens with one attached hydrogen (secondary N) is 1. The van der Waals surface area contributed by atoms with E-state index >= 15 is 0 Å². The van der Waals surface area contributed by atoms with Gasteiger partial charge < -0.3 is 15.1 Å². The molecule has 2 aromatic rings. The van der Waals surface area contributed by atoms with E-state index in [4.69, 9.17) is 0 Å². The Morgan fingerprint density at radius 1 is 1.04 bits per heavy atom. The summed E-state index contributed by atoms with van der Waals surface area (Å²) in [6.45, 7) is 5.15. The predicted octanol–water partition coefficient (Wildman–Crippen LogP) is 2.67. The summed E-state index contributed by atoms with van der Waals surface area (Å²) >= 11 is 0. The SMILES string of the molecule is CCCC(=O)N1CCN(c2ccc(Nc3ccccc3)nn2)CC1. The lowest BCUT2D eigenvalue weighted by Gasteiger charge is -2.35. The molecule has 0 atom stereocenters. The van der Waals surface area contributed by atoms with Gasteiger partial charge in [-0.15, -0.1) is 10.2 Å². The van der Waals surface area contributed by atoms with Crippen molar-refractivity contribution in [1.29, 1.82) is 0 Å². The van der Waals surface area contributed by atoms with Crippen molar-refractivity contribution in [2.75, 3.05) is 36.4 Å². The zero-order chi connectivity index (χ0) is 16.8. The van der Waals surface area contributed by atoms with Crippen molar-refractivity contribution >= 4 is 23.2 Å². The van der Waals surface area contributed by atoms with Crippen LogP contribution in [0.15, 0.2) is 42.5 Å². The molecule has 24 heavy (non-hydrogen) atoms. The minimum Gasteiger partial charge on any atom is -0.352 e. The molecule has 1 fully saturated rings. The number of rotatable bonds is 5. The molecule has 0 aliphatic carbocycles. The molecule has 2 heterocycles. The van der Waals surface area contributed by atoms with Gasteiger partial charge in [0.1, 0.15) is 0 Å². The number of carbonyl (C=O) groups is 1. The number of hydrogen-bond donors (Lipinski definition) is 1. The first-order valence-electron chi connectivity index (χ1n) is 8.45. The molecule has 6 heteroatoms. The van der Waals surface area contributed by atoms with Crippen LogP contribution < -0.4 is 10.2 Å². The average Bonchev–Trinajstić information content (AvgIpc) is 2.64. The summed E-state index contributed by atoms with van der Waals surface area (Å²) < 4.78 is 0. The second-order valence-electron chi connectivity index (χ2n) is 5.89. The zero-order valence-corrected chi connectivity index (χ0v) is 14.0. The van der Waals surface area contributed by atoms with Crippen LogP contribution in [0.25, 0.3) is 0 Å². The summed E-state index contributed by atoms with van der Waals surface area (Å²) in [6, 6.07) is 13.8. The minimum atomic E-state index is 0.255. The van der Waals surface area contributed by atoms with E-state index in [1.165, 1.54) is 0 Å². The van der Waals surface area contributed by atoms with Crippen molar-refractivity contribution in [1.82, 2.24) is 15.1 Å². The van der Waals surface area contributed by atoms with Gasteiger partial charge >= 0.3 is 0 Å². The smallest absolute Gasteiger partial charge is 0.222 e. The van der Waals surface area contributed by atoms with E-state index in [1.807, 2.05) is 54.3 Å². The van der Waals surface area contributed by atoms with Crippen molar-refractivity contribution in [2.45, 2.75) is 19.8 Å². The number of piperazine rings is 1. The van der Waals surface area contributed by atoms with E-state index in [9.17, 15) is 4.79 Å². The van der Waals surface area contributed by atoms with Gasteiger partial charge in [0.05, 0.1) is 0 Å². The Morgan fingerprint density at radius 2 is 1.79 bits per heavy atom. The lowest BCUT2D eigenvalue weighted by Crippen LogP contribution is -2.49. The summed E-state index contributed by atoms with van der Waals surface area (Å²) in [5.41, 5.74) is 0.989. The van der Waals surface area contributed by atoms with Crippen molar-refractivity contribution in [2.24, 2.45) is 0 Å². The van der Waals surface area contributed by atoms with Gasteiger partial charge in [0, 0.05) is 38.3 Å². The normalized spacial score (nSPS) is 14.5. The number of nitrogens with zero attached hydrogens (tertiary/aromatic N) is 4. The van der Waals surface area contributed by atoms with Gasteiger partial charge in [-0.2, -0.15) is 0 Å². The van der Waals surface area contributed by atoms with Crippen LogP contribution >= 0.6 is 0 Å². The van der Waals surface area contributed by atoms with Crippen molar-refractivity contribution < 1.29 is 4.79 Å². The van der Waals surface area contributed by atoms with Crippen LogP contribution in [0.1, 0.15) is 19.8 Å². The fourth-order valence-electron chi connectivity index (χ4n) is 2.79. The van der Waals surface area contributed by atoms with Crippen LogP contribution in [0.3, 0.4) is 0 Å². The van der Waals surface area contributed by atoms with E-state index < -0.39 is 0 Å². The standard InChI is InChI=1S/C18H23N5O/c1-2-6-18(24)23-13-11-22(12-14-23)17-10-9-16(20-21-17)19-15-7-4-3-5-8-15/h3-5,7-10H,2,6,11-14H2,1H3,(H,19,20). The third-order valence-corrected chi connectivity index (χ3v) is 4.12. The first-order valence-corrected chi connectivity index (χ1v) is 8.45. The van der Waals surface area contributed by atoms with Gasteiger partial charge in [-0.3, -0.25) is 4.79 Å². The quantitative estimate of drug-likeness (QED) is 0.916. The van der Waals surface area contributed by atoms with Gasteiger partial charge in [0.2, 0.25) is 5.91 Å². The maximum absolute atomic E-state index is 11.9. The molecule has 1 aliphatic heterocycles. The zero-order valence-electron chi connectivity index (χ0n) is 14.0. The number of hydrogen-bond acceptors (Lipinski definition) is 5. The van der Waals surface area contributed by atoms with E-state index in [0.717, 1.165) is 49.9 Å². The third-order valence-electron chi connectivity index (χ3n) is 4.12. The Morgan fingerprint density at radius 3 is 2.42 bits per heavy atom. The molecule has 1 saturated heterocycles. The number of amides is 1. The van der Waals surface area contributed by atoms with E-state index in [1.54, 1.807) is 0 Å². The molecule has 1 aromatic heterocycles. The van der Waals surface area contributed by atoms with Crippen molar-refractivity contribution in [3.63, 3.8) is 0 Å². The van der Waals surface area contributed by atoms with E-state index in [-0.39, 0.29) is 5.91 Å². The lowest BCUT2D eigenvalue weighted by atomic mass is 10.2. The highest BCUT2D eigenvalue weighted by atomic mass is 16.2. The van der Waals surface area contributed by atoms with Crippen LogP contribution in [0.2, 0.25) is 0 Å². The first-order chi connectivity index (χ1) is 11.8. The van der Waals surface area contributed by atoms with E-state index in [0.29, 0.717) is 6.42 Å². The van der Waals surface area contributed by atoms with Gasteiger partial charge in [0.15, 0.2) is 11.6 Å². The highest BCUT2D eigenvalue weighted by Gasteiger charge is 2.21. The summed E-state index contributed by atoms with van der Waals surface area (Å²) in [4.78, 5) is 16.0. The Labute approximate surface area is 142 Å². The predicted molar refractivity (Wildman–Crippen MR) is 95.5 cm³/mol. The Balaban J connectivity index is 1.56. The second-order valence-corrected chi connectivity index (χ2v) is 5.89. The second kappa shape index (κ2) is 7.77. The Kier molecular flexibility index (Phi) is 5.25. The number of anilines is 3. The third kappa shape index (κ3) is 4.01. The molecule has 3 rings (SSSR count). The average molecular weight is 325 g/mol. The fourth-order valence-corrected chi connectivity index (χ4v) is 2.79. The van der Waals surface area contributed by atoms with Crippen LogP contribution in [0.4, 0.5) is 17.3 Å². The van der Waals surface area contributed by atoms with Crippen LogP contribution in [-0.2, 0) is 4.79 Å². The summed E-state index contributed by atoms with van der Waals surface area (Å²) in [7, 11) is 0. The van der Waals surface area contributed by atoms with Gasteiger partial charge in [0.25, 0.3) is 0 Å². The molecule has 1 amide bonds. The Bertz CT molecular complexity index is 651. The largest absolute Gasteiger partial charge is 0.352 e. The number of benzene rings is 1. The molecular weight excluding hydrogens is 302 g/mol. The number of aromatic nitrogens is 2. The highest BCUT2D eigenvalue weighted by molar-refractivity contribution is 5.76. The summed E-state index contributed by atoms with van der Waals surface area (Å²) in [5, 5.41) is 11.8. The van der Waals surface area contributed by atoms with Gasteiger partial charge in [-0.25, -0.2) is 0 Å². The van der Waals surface area contributed by atoms with E-state index in [2.05, 4.69) is 20.4 Å². The van der Waals surface area contributed by atoms with Crippen LogP contribution in [0, 0.1) is 0 Å². The molecule has 1 N–H and O–H groups in total. The number of para-hydroxylation sites is 1. The molecule has 0 bridgehead atoms. The van der Waals surface area contributed by atoms with Crippen molar-refractivity contribution in [3.05, 3.63) is 42.5 Å². The molecule has 126 valence electrons. The summed E-state index contributed by atoms with van der Waals surface area (Å²) in [5.74, 6) is 1.84. The first kappa shape index (κ1) is 16.2. The molecule has 0 unspecified atom stereocenters. The Hall–Kier alpha value is -2.63. The maximum Gasteiger partial charge on any atom is 0.222 e. The maximum atomic E-state index is 11.9.